The maximum atomic E-state index is 12.8. The van der Waals surface area contributed by atoms with E-state index < -0.39 is 0 Å². The standard InChI is InChI=1S/C25H24N6OS/c1-16-19(7-5-13-26-16)29-25(32)18-10-8-17(9-11-18)23-21-22(20-6-3-4-12-27-20)30-31(2)24(21)28-14-15-33-23/h3-13,23,28H,14-15H2,1-2H3,(H,29,32). The molecule has 1 aromatic carbocycles. The molecule has 8 heteroatoms. The lowest BCUT2D eigenvalue weighted by Crippen LogP contribution is -2.13. The Balaban J connectivity index is 1.47. The summed E-state index contributed by atoms with van der Waals surface area (Å²) in [7, 11) is 1.96. The van der Waals surface area contributed by atoms with E-state index in [2.05, 4.69) is 20.6 Å². The molecule has 5 rings (SSSR count). The molecular formula is C25H24N6OS. The molecule has 1 atom stereocenters. The second-order valence-electron chi connectivity index (χ2n) is 7.84. The van der Waals surface area contributed by atoms with Gasteiger partial charge >= 0.3 is 0 Å². The predicted octanol–water partition coefficient (Wildman–Crippen LogP) is 4.69. The molecule has 33 heavy (non-hydrogen) atoms. The zero-order valence-electron chi connectivity index (χ0n) is 18.4. The molecule has 3 aromatic heterocycles. The van der Waals surface area contributed by atoms with Gasteiger partial charge in [-0.2, -0.15) is 5.10 Å². The Morgan fingerprint density at radius 3 is 2.67 bits per heavy atom. The highest BCUT2D eigenvalue weighted by molar-refractivity contribution is 7.99. The third-order valence-electron chi connectivity index (χ3n) is 5.66. The fraction of sp³-hybridized carbons (Fsp3) is 0.200. The number of nitrogens with one attached hydrogen (secondary N) is 2. The highest BCUT2D eigenvalue weighted by atomic mass is 32.2. The molecule has 1 aliphatic heterocycles. The summed E-state index contributed by atoms with van der Waals surface area (Å²) in [6.45, 7) is 2.74. The van der Waals surface area contributed by atoms with E-state index in [1.807, 2.05) is 85.0 Å². The van der Waals surface area contributed by atoms with Crippen LogP contribution in [0.1, 0.15) is 32.4 Å². The van der Waals surface area contributed by atoms with Crippen LogP contribution in [-0.4, -0.2) is 38.0 Å². The number of rotatable bonds is 4. The topological polar surface area (TPSA) is 84.7 Å². The minimum atomic E-state index is -0.149. The number of fused-ring (bicyclic) bond motifs is 1. The van der Waals surface area contributed by atoms with E-state index in [1.54, 1.807) is 12.4 Å². The third-order valence-corrected chi connectivity index (χ3v) is 6.94. The molecule has 0 bridgehead atoms. The van der Waals surface area contributed by atoms with Crippen LogP contribution in [0.5, 0.6) is 0 Å². The molecule has 166 valence electrons. The first kappa shape index (κ1) is 21.2. The van der Waals surface area contributed by atoms with Crippen LogP contribution < -0.4 is 10.6 Å². The molecule has 1 aliphatic rings. The first-order valence-electron chi connectivity index (χ1n) is 10.8. The van der Waals surface area contributed by atoms with Crippen LogP contribution in [0, 0.1) is 6.92 Å². The van der Waals surface area contributed by atoms with Crippen molar-refractivity contribution < 1.29 is 4.79 Å². The lowest BCUT2D eigenvalue weighted by Gasteiger charge is -2.17. The quantitative estimate of drug-likeness (QED) is 0.464. The molecule has 0 saturated carbocycles. The van der Waals surface area contributed by atoms with Gasteiger partial charge in [-0.05, 0) is 48.9 Å². The van der Waals surface area contributed by atoms with E-state index in [0.29, 0.717) is 5.56 Å². The first-order chi connectivity index (χ1) is 16.1. The average Bonchev–Trinajstić information content (AvgIpc) is 3.02. The van der Waals surface area contributed by atoms with Crippen LogP contribution in [0.3, 0.4) is 0 Å². The van der Waals surface area contributed by atoms with Gasteiger partial charge in [0, 0.05) is 42.9 Å². The monoisotopic (exact) mass is 456 g/mol. The lowest BCUT2D eigenvalue weighted by molar-refractivity contribution is 0.102. The third kappa shape index (κ3) is 4.21. The number of anilines is 2. The second-order valence-corrected chi connectivity index (χ2v) is 9.05. The van der Waals surface area contributed by atoms with Gasteiger partial charge in [-0.15, -0.1) is 11.8 Å². The van der Waals surface area contributed by atoms with E-state index in [0.717, 1.165) is 52.0 Å². The number of benzene rings is 1. The fourth-order valence-electron chi connectivity index (χ4n) is 4.00. The Hall–Kier alpha value is -3.65. The molecule has 1 amide bonds. The lowest BCUT2D eigenvalue weighted by atomic mass is 10.0. The number of hydrogen-bond acceptors (Lipinski definition) is 6. The number of carbonyl (C=O) groups excluding carboxylic acids is 1. The fourth-order valence-corrected chi connectivity index (χ4v) is 5.20. The van der Waals surface area contributed by atoms with Crippen LogP contribution in [0.2, 0.25) is 0 Å². The number of hydrogen-bond donors (Lipinski definition) is 2. The van der Waals surface area contributed by atoms with Crippen molar-refractivity contribution in [3.8, 4) is 11.4 Å². The van der Waals surface area contributed by atoms with Gasteiger partial charge in [0.05, 0.1) is 22.3 Å². The number of pyridine rings is 2. The summed E-state index contributed by atoms with van der Waals surface area (Å²) in [5.41, 5.74) is 6.11. The summed E-state index contributed by atoms with van der Waals surface area (Å²) in [5, 5.41) is 11.3. The van der Waals surface area contributed by atoms with E-state index >= 15 is 0 Å². The molecular weight excluding hydrogens is 432 g/mol. The van der Waals surface area contributed by atoms with Gasteiger partial charge < -0.3 is 10.6 Å². The van der Waals surface area contributed by atoms with Crippen molar-refractivity contribution in [3.05, 3.63) is 89.4 Å². The Kier molecular flexibility index (Phi) is 5.83. The van der Waals surface area contributed by atoms with Crippen LogP contribution in [0.4, 0.5) is 11.5 Å². The minimum absolute atomic E-state index is 0.0818. The summed E-state index contributed by atoms with van der Waals surface area (Å²) in [6.07, 6.45) is 3.50. The molecule has 7 nitrogen and oxygen atoms in total. The number of carbonyl (C=O) groups is 1. The molecule has 4 aromatic rings. The van der Waals surface area contributed by atoms with Gasteiger partial charge in [-0.25, -0.2) is 0 Å². The van der Waals surface area contributed by atoms with Crippen LogP contribution in [0.25, 0.3) is 11.4 Å². The second kappa shape index (κ2) is 9.07. The summed E-state index contributed by atoms with van der Waals surface area (Å²) >= 11 is 1.87. The number of nitrogens with zero attached hydrogens (tertiary/aromatic N) is 4. The largest absolute Gasteiger partial charge is 0.369 e. The van der Waals surface area contributed by atoms with Crippen LogP contribution in [0.15, 0.2) is 67.0 Å². The van der Waals surface area contributed by atoms with Gasteiger partial charge in [0.1, 0.15) is 11.5 Å². The van der Waals surface area contributed by atoms with E-state index in [4.69, 9.17) is 5.10 Å². The van der Waals surface area contributed by atoms with Gasteiger partial charge in [-0.1, -0.05) is 18.2 Å². The van der Waals surface area contributed by atoms with Crippen LogP contribution in [-0.2, 0) is 7.05 Å². The molecule has 0 spiro atoms. The van der Waals surface area contributed by atoms with Crippen molar-refractivity contribution in [2.75, 3.05) is 22.9 Å². The minimum Gasteiger partial charge on any atom is -0.369 e. The summed E-state index contributed by atoms with van der Waals surface area (Å²) in [4.78, 5) is 21.5. The van der Waals surface area contributed by atoms with Gasteiger partial charge in [-0.3, -0.25) is 19.4 Å². The first-order valence-corrected chi connectivity index (χ1v) is 11.8. The average molecular weight is 457 g/mol. The molecule has 1 unspecified atom stereocenters. The summed E-state index contributed by atoms with van der Waals surface area (Å²) in [5.74, 6) is 1.83. The van der Waals surface area contributed by atoms with Gasteiger partial charge in [0.15, 0.2) is 0 Å². The van der Waals surface area contributed by atoms with Crippen LogP contribution >= 0.6 is 11.8 Å². The highest BCUT2D eigenvalue weighted by Crippen LogP contribution is 2.45. The smallest absolute Gasteiger partial charge is 0.255 e. The van der Waals surface area contributed by atoms with Gasteiger partial charge in [0.25, 0.3) is 5.91 Å². The van der Waals surface area contributed by atoms with Crippen molar-refractivity contribution in [2.24, 2.45) is 7.05 Å². The maximum Gasteiger partial charge on any atom is 0.255 e. The molecule has 0 saturated heterocycles. The highest BCUT2D eigenvalue weighted by Gasteiger charge is 2.29. The number of aromatic nitrogens is 4. The maximum absolute atomic E-state index is 12.8. The summed E-state index contributed by atoms with van der Waals surface area (Å²) in [6, 6.07) is 17.4. The van der Waals surface area contributed by atoms with Crippen molar-refractivity contribution in [1.29, 1.82) is 0 Å². The van der Waals surface area contributed by atoms with Crippen molar-refractivity contribution in [2.45, 2.75) is 12.2 Å². The van der Waals surface area contributed by atoms with Crippen molar-refractivity contribution >= 4 is 29.2 Å². The van der Waals surface area contributed by atoms with E-state index in [-0.39, 0.29) is 11.2 Å². The number of amides is 1. The Bertz CT molecular complexity index is 1290. The molecule has 0 fully saturated rings. The predicted molar refractivity (Wildman–Crippen MR) is 133 cm³/mol. The molecule has 0 aliphatic carbocycles. The molecule has 4 heterocycles. The normalized spacial score (nSPS) is 15.3. The SMILES string of the molecule is Cc1ncccc1NC(=O)c1ccc(C2SCCNc3c2c(-c2ccccn2)nn3C)cc1. The number of thioether (sulfide) groups is 1. The zero-order chi connectivity index (χ0) is 22.8. The van der Waals surface area contributed by atoms with E-state index in [9.17, 15) is 4.79 Å². The van der Waals surface area contributed by atoms with Crippen molar-refractivity contribution in [3.63, 3.8) is 0 Å². The molecule has 0 radical (unpaired) electrons. The van der Waals surface area contributed by atoms with Crippen molar-refractivity contribution in [1.82, 2.24) is 19.7 Å². The molecule has 2 N–H and O–H groups in total. The van der Waals surface area contributed by atoms with Gasteiger partial charge in [0.2, 0.25) is 0 Å². The summed E-state index contributed by atoms with van der Waals surface area (Å²) < 4.78 is 1.90. The Labute approximate surface area is 196 Å². The Morgan fingerprint density at radius 1 is 1.09 bits per heavy atom. The van der Waals surface area contributed by atoms with E-state index in [1.165, 1.54) is 0 Å². The number of aryl methyl sites for hydroxylation is 2. The zero-order valence-corrected chi connectivity index (χ0v) is 19.3. The Morgan fingerprint density at radius 2 is 1.91 bits per heavy atom.